The Hall–Kier alpha value is -1.55. The van der Waals surface area contributed by atoms with E-state index >= 15 is 0 Å². The Kier molecular flexibility index (Phi) is 6.10. The molecular weight excluding hydrogens is 216 g/mol. The van der Waals surface area contributed by atoms with Crippen LogP contribution in [0.25, 0.3) is 0 Å². The summed E-state index contributed by atoms with van der Waals surface area (Å²) in [5.74, 6) is 0.00327. The third kappa shape index (κ3) is 5.92. The van der Waals surface area contributed by atoms with E-state index in [1.165, 1.54) is 0 Å². The first-order valence-electron chi connectivity index (χ1n) is 5.91. The number of rotatable bonds is 7. The summed E-state index contributed by atoms with van der Waals surface area (Å²) in [6.07, 6.45) is 1.38. The Morgan fingerprint density at radius 3 is 2.94 bits per heavy atom. The fraction of sp³-hybridized carbons (Fsp3) is 0.462. The van der Waals surface area contributed by atoms with E-state index in [2.05, 4.69) is 5.32 Å². The van der Waals surface area contributed by atoms with E-state index in [4.69, 9.17) is 10.5 Å². The maximum absolute atomic E-state index is 11.4. The fourth-order valence-electron chi connectivity index (χ4n) is 1.40. The van der Waals surface area contributed by atoms with Crippen LogP contribution in [0.3, 0.4) is 0 Å². The minimum Gasteiger partial charge on any atom is -0.399 e. The van der Waals surface area contributed by atoms with Gasteiger partial charge in [0.25, 0.3) is 0 Å². The molecule has 0 unspecified atom stereocenters. The number of nitrogens with one attached hydrogen (secondary N) is 1. The Labute approximate surface area is 102 Å². The lowest BCUT2D eigenvalue weighted by atomic mass is 10.2. The van der Waals surface area contributed by atoms with Gasteiger partial charge in [-0.05, 0) is 24.1 Å². The molecular formula is C13H20N2O2. The molecule has 4 heteroatoms. The zero-order valence-electron chi connectivity index (χ0n) is 10.2. The van der Waals surface area contributed by atoms with Gasteiger partial charge in [-0.25, -0.2) is 0 Å². The molecule has 4 nitrogen and oxygen atoms in total. The van der Waals surface area contributed by atoms with Crippen molar-refractivity contribution in [2.45, 2.75) is 26.3 Å². The summed E-state index contributed by atoms with van der Waals surface area (Å²) < 4.78 is 5.24. The number of nitrogens with two attached hydrogens (primary N) is 1. The predicted molar refractivity (Wildman–Crippen MR) is 68.4 cm³/mol. The molecule has 0 heterocycles. The van der Waals surface area contributed by atoms with Crippen LogP contribution in [0.1, 0.15) is 25.3 Å². The number of carbonyl (C=O) groups is 1. The molecule has 1 aromatic rings. The second kappa shape index (κ2) is 7.68. The SMILES string of the molecule is CCCOCCC(=O)NCc1cccc(N)c1. The van der Waals surface area contributed by atoms with Crippen LogP contribution >= 0.6 is 0 Å². The third-order valence-electron chi connectivity index (χ3n) is 2.26. The van der Waals surface area contributed by atoms with Gasteiger partial charge >= 0.3 is 0 Å². The van der Waals surface area contributed by atoms with Gasteiger partial charge in [-0.3, -0.25) is 4.79 Å². The number of anilines is 1. The van der Waals surface area contributed by atoms with Crippen LogP contribution in [0.4, 0.5) is 5.69 Å². The quantitative estimate of drug-likeness (QED) is 0.559. The molecule has 0 aliphatic carbocycles. The van der Waals surface area contributed by atoms with E-state index in [-0.39, 0.29) is 5.91 Å². The highest BCUT2D eigenvalue weighted by atomic mass is 16.5. The lowest BCUT2D eigenvalue weighted by Gasteiger charge is -2.06. The van der Waals surface area contributed by atoms with Gasteiger partial charge < -0.3 is 15.8 Å². The molecule has 0 fully saturated rings. The van der Waals surface area contributed by atoms with Crippen molar-refractivity contribution >= 4 is 11.6 Å². The summed E-state index contributed by atoms with van der Waals surface area (Å²) in [6, 6.07) is 7.49. The highest BCUT2D eigenvalue weighted by Crippen LogP contribution is 2.05. The Morgan fingerprint density at radius 1 is 1.41 bits per heavy atom. The number of hydrogen-bond acceptors (Lipinski definition) is 3. The summed E-state index contributed by atoms with van der Waals surface area (Å²) >= 11 is 0. The molecule has 1 aromatic carbocycles. The molecule has 17 heavy (non-hydrogen) atoms. The standard InChI is InChI=1S/C13H20N2O2/c1-2-7-17-8-6-13(16)15-10-11-4-3-5-12(14)9-11/h3-5,9H,2,6-8,10,14H2,1H3,(H,15,16). The lowest BCUT2D eigenvalue weighted by molar-refractivity contribution is -0.122. The number of amides is 1. The van der Waals surface area contributed by atoms with Crippen LogP contribution in [0, 0.1) is 0 Å². The molecule has 0 radical (unpaired) electrons. The largest absolute Gasteiger partial charge is 0.399 e. The highest BCUT2D eigenvalue weighted by Gasteiger charge is 2.01. The van der Waals surface area contributed by atoms with E-state index < -0.39 is 0 Å². The van der Waals surface area contributed by atoms with Gasteiger partial charge in [0.05, 0.1) is 6.61 Å². The second-order valence-corrected chi connectivity index (χ2v) is 3.88. The van der Waals surface area contributed by atoms with Crippen LogP contribution in [0.2, 0.25) is 0 Å². The van der Waals surface area contributed by atoms with Crippen LogP contribution < -0.4 is 11.1 Å². The van der Waals surface area contributed by atoms with E-state index in [1.54, 1.807) is 0 Å². The van der Waals surface area contributed by atoms with Crippen LogP contribution in [0.5, 0.6) is 0 Å². The minimum absolute atomic E-state index is 0.00327. The number of hydrogen-bond donors (Lipinski definition) is 2. The van der Waals surface area contributed by atoms with Crippen molar-refractivity contribution in [2.24, 2.45) is 0 Å². The van der Waals surface area contributed by atoms with Crippen molar-refractivity contribution in [2.75, 3.05) is 18.9 Å². The number of nitrogen functional groups attached to an aromatic ring is 1. The van der Waals surface area contributed by atoms with Crippen molar-refractivity contribution < 1.29 is 9.53 Å². The van der Waals surface area contributed by atoms with Crippen LogP contribution in [-0.4, -0.2) is 19.1 Å². The topological polar surface area (TPSA) is 64.3 Å². The van der Waals surface area contributed by atoms with Gasteiger partial charge in [0.15, 0.2) is 0 Å². The molecule has 0 spiro atoms. The maximum Gasteiger partial charge on any atom is 0.222 e. The molecule has 1 amide bonds. The van der Waals surface area contributed by atoms with E-state index in [0.717, 1.165) is 12.0 Å². The number of ether oxygens (including phenoxy) is 1. The smallest absolute Gasteiger partial charge is 0.222 e. The van der Waals surface area contributed by atoms with Crippen molar-refractivity contribution in [3.8, 4) is 0 Å². The van der Waals surface area contributed by atoms with E-state index in [1.807, 2.05) is 31.2 Å². The van der Waals surface area contributed by atoms with Gasteiger partial charge in [-0.2, -0.15) is 0 Å². The summed E-state index contributed by atoms with van der Waals surface area (Å²) in [5.41, 5.74) is 7.36. The van der Waals surface area contributed by atoms with Crippen molar-refractivity contribution in [3.63, 3.8) is 0 Å². The molecule has 1 rings (SSSR count). The van der Waals surface area contributed by atoms with Crippen molar-refractivity contribution in [3.05, 3.63) is 29.8 Å². The molecule has 0 saturated heterocycles. The molecule has 0 aliphatic heterocycles. The van der Waals surface area contributed by atoms with Gasteiger partial charge in [0, 0.05) is 25.3 Å². The third-order valence-corrected chi connectivity index (χ3v) is 2.26. The average Bonchev–Trinajstić information content (AvgIpc) is 2.32. The van der Waals surface area contributed by atoms with Gasteiger partial charge in [-0.1, -0.05) is 19.1 Å². The Balaban J connectivity index is 2.19. The maximum atomic E-state index is 11.4. The summed E-state index contributed by atoms with van der Waals surface area (Å²) in [6.45, 7) is 3.75. The van der Waals surface area contributed by atoms with Crippen LogP contribution in [-0.2, 0) is 16.1 Å². The average molecular weight is 236 g/mol. The van der Waals surface area contributed by atoms with Gasteiger partial charge in [0.2, 0.25) is 5.91 Å². The summed E-state index contributed by atoms with van der Waals surface area (Å²) in [4.78, 5) is 11.4. The zero-order chi connectivity index (χ0) is 12.5. The second-order valence-electron chi connectivity index (χ2n) is 3.88. The van der Waals surface area contributed by atoms with Gasteiger partial charge in [-0.15, -0.1) is 0 Å². The van der Waals surface area contributed by atoms with Crippen molar-refractivity contribution in [1.82, 2.24) is 5.32 Å². The first kappa shape index (κ1) is 13.5. The molecule has 0 aliphatic rings. The molecule has 3 N–H and O–H groups in total. The molecule has 94 valence electrons. The zero-order valence-corrected chi connectivity index (χ0v) is 10.2. The summed E-state index contributed by atoms with van der Waals surface area (Å²) in [5, 5.41) is 2.83. The van der Waals surface area contributed by atoms with E-state index in [9.17, 15) is 4.79 Å². The van der Waals surface area contributed by atoms with Crippen molar-refractivity contribution in [1.29, 1.82) is 0 Å². The lowest BCUT2D eigenvalue weighted by Crippen LogP contribution is -2.24. The first-order chi connectivity index (χ1) is 8.22. The summed E-state index contributed by atoms with van der Waals surface area (Å²) in [7, 11) is 0. The monoisotopic (exact) mass is 236 g/mol. The number of carbonyl (C=O) groups excluding carboxylic acids is 1. The van der Waals surface area contributed by atoms with Crippen LogP contribution in [0.15, 0.2) is 24.3 Å². The highest BCUT2D eigenvalue weighted by molar-refractivity contribution is 5.75. The predicted octanol–water partition coefficient (Wildman–Crippen LogP) is 1.70. The molecule has 0 aromatic heterocycles. The molecule has 0 bridgehead atoms. The molecule has 0 atom stereocenters. The number of benzene rings is 1. The first-order valence-corrected chi connectivity index (χ1v) is 5.91. The van der Waals surface area contributed by atoms with Gasteiger partial charge in [0.1, 0.15) is 0 Å². The molecule has 0 saturated carbocycles. The van der Waals surface area contributed by atoms with E-state index in [0.29, 0.717) is 31.9 Å². The Bertz CT molecular complexity index is 353. The normalized spacial score (nSPS) is 10.2. The minimum atomic E-state index is 0.00327. The Morgan fingerprint density at radius 2 is 2.24 bits per heavy atom. The fourth-order valence-corrected chi connectivity index (χ4v) is 1.40.